The Kier molecular flexibility index (Phi) is 4.23. The van der Waals surface area contributed by atoms with Gasteiger partial charge in [0.25, 0.3) is 0 Å². The highest BCUT2D eigenvalue weighted by molar-refractivity contribution is 5.34. The topological polar surface area (TPSA) is 81.9 Å². The summed E-state index contributed by atoms with van der Waals surface area (Å²) < 4.78 is 27.1. The van der Waals surface area contributed by atoms with Gasteiger partial charge in [-0.15, -0.1) is 0 Å². The number of nitrogens with zero attached hydrogens (tertiary/aromatic N) is 4. The maximum absolute atomic E-state index is 13.6. The minimum atomic E-state index is -0.800. The Morgan fingerprint density at radius 2 is 1.96 bits per heavy atom. The first-order valence-electron chi connectivity index (χ1n) is 7.23. The van der Waals surface area contributed by atoms with Gasteiger partial charge in [-0.1, -0.05) is 11.2 Å². The highest BCUT2D eigenvalue weighted by Gasteiger charge is 2.32. The second kappa shape index (κ2) is 6.32. The molecule has 1 heterocycles. The summed E-state index contributed by atoms with van der Waals surface area (Å²) in [5, 5.41) is 14.1. The van der Waals surface area contributed by atoms with Crippen molar-refractivity contribution in [2.45, 2.75) is 30.9 Å². The van der Waals surface area contributed by atoms with Crippen LogP contribution in [-0.4, -0.2) is 10.1 Å². The quantitative estimate of drug-likeness (QED) is 0.387. The van der Waals surface area contributed by atoms with Gasteiger partial charge in [0, 0.05) is 17.2 Å². The molecule has 0 amide bonds. The molecule has 1 aliphatic carbocycles. The van der Waals surface area contributed by atoms with E-state index in [1.165, 1.54) is 12.1 Å². The number of aromatic nitrogens is 1. The van der Waals surface area contributed by atoms with Gasteiger partial charge in [0.1, 0.15) is 11.6 Å². The van der Waals surface area contributed by atoms with Gasteiger partial charge in [-0.05, 0) is 53.6 Å². The summed E-state index contributed by atoms with van der Waals surface area (Å²) in [6.07, 6.45) is 1.54. The average molecular weight is 316 g/mol. The zero-order chi connectivity index (χ0) is 16.4. The van der Waals surface area contributed by atoms with Crippen molar-refractivity contribution in [3.05, 3.63) is 75.4 Å². The molecule has 23 heavy (non-hydrogen) atoms. The zero-order valence-corrected chi connectivity index (χ0v) is 12.1. The van der Waals surface area contributed by atoms with E-state index in [4.69, 9.17) is 5.53 Å². The number of fused-ring (bicyclic) bond motifs is 1. The molecule has 5 nitrogen and oxygen atoms in total. The third-order valence-corrected chi connectivity index (χ3v) is 4.13. The Morgan fingerprint density at radius 1 is 1.22 bits per heavy atom. The Balaban J connectivity index is 2.14. The van der Waals surface area contributed by atoms with Crippen LogP contribution in [0.4, 0.5) is 8.78 Å². The van der Waals surface area contributed by atoms with Crippen LogP contribution in [0.25, 0.3) is 10.4 Å². The van der Waals surface area contributed by atoms with Crippen LogP contribution in [0.3, 0.4) is 0 Å². The maximum Gasteiger partial charge on any atom is 0.126 e. The molecule has 3 rings (SSSR count). The van der Waals surface area contributed by atoms with Crippen molar-refractivity contribution in [3.8, 4) is 0 Å². The molecule has 7 heteroatoms. The summed E-state index contributed by atoms with van der Waals surface area (Å²) in [6.45, 7) is 0. The molecular formula is C16H14F2N4O. The Bertz CT molecular complexity index is 756. The van der Waals surface area contributed by atoms with Gasteiger partial charge in [0.2, 0.25) is 0 Å². The number of azide groups is 1. The number of aliphatic hydroxyl groups is 1. The molecule has 118 valence electrons. The molecule has 0 bridgehead atoms. The molecule has 3 atom stereocenters. The molecule has 1 aliphatic rings. The van der Waals surface area contributed by atoms with Crippen molar-refractivity contribution in [3.63, 3.8) is 0 Å². The number of pyridine rings is 1. The highest BCUT2D eigenvalue weighted by atomic mass is 19.1. The highest BCUT2D eigenvalue weighted by Crippen LogP contribution is 2.44. The molecule has 1 aromatic carbocycles. The van der Waals surface area contributed by atoms with Crippen LogP contribution < -0.4 is 0 Å². The van der Waals surface area contributed by atoms with E-state index in [1.54, 1.807) is 18.3 Å². The maximum atomic E-state index is 13.6. The predicted octanol–water partition coefficient (Wildman–Crippen LogP) is 4.32. The molecule has 2 aromatic rings. The van der Waals surface area contributed by atoms with Gasteiger partial charge in [-0.2, -0.15) is 0 Å². The standard InChI is InChI=1S/C16H14F2N4O/c17-10-6-9(7-11(18)8-10)12-3-4-14(23)16-13(2-1-5-20-16)15(12)21-22-19/h1-2,5-8,12,14-15,23H,3-4H2/t12-,14+,15-/m0/s1. The van der Waals surface area contributed by atoms with Crippen LogP contribution in [-0.2, 0) is 0 Å². The average Bonchev–Trinajstić information content (AvgIpc) is 2.65. The Morgan fingerprint density at radius 3 is 2.65 bits per heavy atom. The van der Waals surface area contributed by atoms with E-state index in [1.807, 2.05) is 0 Å². The van der Waals surface area contributed by atoms with E-state index in [-0.39, 0.29) is 0 Å². The number of hydrogen-bond acceptors (Lipinski definition) is 3. The fraction of sp³-hybridized carbons (Fsp3) is 0.312. The first kappa shape index (κ1) is 15.4. The van der Waals surface area contributed by atoms with Crippen molar-refractivity contribution in [1.82, 2.24) is 4.98 Å². The molecule has 0 unspecified atom stereocenters. The van der Waals surface area contributed by atoms with Crippen molar-refractivity contribution < 1.29 is 13.9 Å². The third kappa shape index (κ3) is 3.02. The lowest BCUT2D eigenvalue weighted by Crippen LogP contribution is -2.10. The number of halogens is 2. The summed E-state index contributed by atoms with van der Waals surface area (Å²) in [5.74, 6) is -1.80. The van der Waals surface area contributed by atoms with Crippen molar-refractivity contribution in [1.29, 1.82) is 0 Å². The van der Waals surface area contributed by atoms with Crippen molar-refractivity contribution >= 4 is 0 Å². The summed E-state index contributed by atoms with van der Waals surface area (Å²) in [4.78, 5) is 7.05. The molecule has 0 fully saturated rings. The largest absolute Gasteiger partial charge is 0.387 e. The molecule has 1 N–H and O–H groups in total. The first-order valence-corrected chi connectivity index (χ1v) is 7.23. The molecule has 0 saturated heterocycles. The summed E-state index contributed by atoms with van der Waals surface area (Å²) in [5.41, 5.74) is 10.3. The van der Waals surface area contributed by atoms with Gasteiger partial charge in [0.05, 0.1) is 17.8 Å². The van der Waals surface area contributed by atoms with Gasteiger partial charge in [-0.25, -0.2) is 8.78 Å². The predicted molar refractivity (Wildman–Crippen MR) is 79.4 cm³/mol. The van der Waals surface area contributed by atoms with Gasteiger partial charge in [0.15, 0.2) is 0 Å². The fourth-order valence-corrected chi connectivity index (χ4v) is 3.14. The number of aliphatic hydroxyl groups excluding tert-OH is 1. The van der Waals surface area contributed by atoms with Crippen LogP contribution in [0, 0.1) is 11.6 Å². The molecular weight excluding hydrogens is 302 g/mol. The van der Waals surface area contributed by atoms with E-state index in [2.05, 4.69) is 15.0 Å². The van der Waals surface area contributed by atoms with Crippen molar-refractivity contribution in [2.75, 3.05) is 0 Å². The van der Waals surface area contributed by atoms with E-state index >= 15 is 0 Å². The van der Waals surface area contributed by atoms with Crippen LogP contribution in [0.1, 0.15) is 47.7 Å². The molecule has 0 spiro atoms. The smallest absolute Gasteiger partial charge is 0.126 e. The Labute approximate surface area is 131 Å². The third-order valence-electron chi connectivity index (χ3n) is 4.13. The Hall–Kier alpha value is -2.50. The molecule has 0 aliphatic heterocycles. The van der Waals surface area contributed by atoms with Crippen LogP contribution >= 0.6 is 0 Å². The number of rotatable bonds is 2. The van der Waals surface area contributed by atoms with Crippen LogP contribution in [0.5, 0.6) is 0 Å². The SMILES string of the molecule is [N-]=[N+]=N[C@@H]1c2cccnc2[C@H](O)CC[C@H]1c1cc(F)cc(F)c1. The molecule has 0 radical (unpaired) electrons. The first-order chi connectivity index (χ1) is 11.1. The minimum Gasteiger partial charge on any atom is -0.387 e. The van der Waals surface area contributed by atoms with Crippen LogP contribution in [0.2, 0.25) is 0 Å². The lowest BCUT2D eigenvalue weighted by molar-refractivity contribution is 0.160. The monoisotopic (exact) mass is 316 g/mol. The van der Waals surface area contributed by atoms with Gasteiger partial charge in [-0.3, -0.25) is 4.98 Å². The van der Waals surface area contributed by atoms with E-state index < -0.39 is 29.7 Å². The fourth-order valence-electron chi connectivity index (χ4n) is 3.14. The zero-order valence-electron chi connectivity index (χ0n) is 12.1. The van der Waals surface area contributed by atoms with E-state index in [0.717, 1.165) is 6.07 Å². The van der Waals surface area contributed by atoms with Gasteiger partial charge >= 0.3 is 0 Å². The van der Waals surface area contributed by atoms with Crippen LogP contribution in [0.15, 0.2) is 41.6 Å². The lowest BCUT2D eigenvalue weighted by atomic mass is 9.86. The second-order valence-electron chi connectivity index (χ2n) is 5.53. The van der Waals surface area contributed by atoms with E-state index in [0.29, 0.717) is 29.7 Å². The second-order valence-corrected chi connectivity index (χ2v) is 5.53. The summed E-state index contributed by atoms with van der Waals surface area (Å²) in [7, 11) is 0. The van der Waals surface area contributed by atoms with Gasteiger partial charge < -0.3 is 5.11 Å². The minimum absolute atomic E-state index is 0.365. The summed E-state index contributed by atoms with van der Waals surface area (Å²) >= 11 is 0. The number of hydrogen-bond donors (Lipinski definition) is 1. The lowest BCUT2D eigenvalue weighted by Gasteiger charge is -2.22. The van der Waals surface area contributed by atoms with E-state index in [9.17, 15) is 13.9 Å². The number of benzene rings is 1. The molecule has 0 saturated carbocycles. The van der Waals surface area contributed by atoms with Crippen molar-refractivity contribution in [2.24, 2.45) is 5.11 Å². The summed E-state index contributed by atoms with van der Waals surface area (Å²) in [6, 6.07) is 6.00. The molecule has 1 aromatic heterocycles. The normalized spacial score (nSPS) is 23.5.